The second kappa shape index (κ2) is 9.00. The van der Waals surface area contributed by atoms with Gasteiger partial charge in [-0.1, -0.05) is 35.5 Å². The van der Waals surface area contributed by atoms with Gasteiger partial charge in [-0.25, -0.2) is 0 Å². The van der Waals surface area contributed by atoms with Crippen LogP contribution in [-0.2, 0) is 24.3 Å². The first-order valence-electron chi connectivity index (χ1n) is 10.0. The number of ether oxygens (including phenoxy) is 1. The molecule has 1 atom stereocenters. The smallest absolute Gasteiger partial charge is 0.272 e. The fraction of sp³-hybridized carbons (Fsp3) is 0.429. The molecule has 3 aromatic rings. The number of carbonyl (C=O) groups excluding carboxylic acids is 1. The minimum absolute atomic E-state index is 0.0437. The first-order valence-corrected chi connectivity index (χ1v) is 10.0. The highest BCUT2D eigenvalue weighted by Crippen LogP contribution is 2.32. The van der Waals surface area contributed by atoms with Crippen LogP contribution in [0.25, 0.3) is 0 Å². The SMILES string of the molecule is CCn1nccc1C(=O)N1CCCC1c1nc(CCOCc2ccccc2)no1. The standard InChI is InChI=1S/C21H25N5O3/c1-2-26-18(10-12-22-26)21(27)25-13-6-9-17(25)20-23-19(24-29-20)11-14-28-15-16-7-4-3-5-8-16/h3-5,7-8,10,12,17H,2,6,9,11,13-15H2,1H3. The van der Waals surface area contributed by atoms with E-state index < -0.39 is 0 Å². The Morgan fingerprint density at radius 3 is 2.97 bits per heavy atom. The first-order chi connectivity index (χ1) is 14.3. The number of hydrogen-bond donors (Lipinski definition) is 0. The molecule has 0 bridgehead atoms. The summed E-state index contributed by atoms with van der Waals surface area (Å²) in [5, 5.41) is 8.27. The summed E-state index contributed by atoms with van der Waals surface area (Å²) in [6.45, 7) is 4.37. The van der Waals surface area contributed by atoms with Crippen molar-refractivity contribution in [1.82, 2.24) is 24.8 Å². The molecule has 0 N–H and O–H groups in total. The molecule has 0 aliphatic carbocycles. The maximum absolute atomic E-state index is 13.0. The van der Waals surface area contributed by atoms with E-state index >= 15 is 0 Å². The third-order valence-electron chi connectivity index (χ3n) is 5.10. The van der Waals surface area contributed by atoms with Crippen LogP contribution in [0.4, 0.5) is 0 Å². The number of rotatable bonds is 8. The Kier molecular flexibility index (Phi) is 6.00. The third-order valence-corrected chi connectivity index (χ3v) is 5.10. The van der Waals surface area contributed by atoms with Gasteiger partial charge in [0, 0.05) is 25.7 Å². The van der Waals surface area contributed by atoms with Gasteiger partial charge in [0.25, 0.3) is 5.91 Å². The number of nitrogens with zero attached hydrogens (tertiary/aromatic N) is 5. The van der Waals surface area contributed by atoms with Crippen molar-refractivity contribution in [3.8, 4) is 0 Å². The van der Waals surface area contributed by atoms with Crippen molar-refractivity contribution in [1.29, 1.82) is 0 Å². The summed E-state index contributed by atoms with van der Waals surface area (Å²) < 4.78 is 12.9. The van der Waals surface area contributed by atoms with Crippen LogP contribution in [0.15, 0.2) is 47.1 Å². The van der Waals surface area contributed by atoms with E-state index in [0.29, 0.717) is 50.1 Å². The Bertz CT molecular complexity index is 937. The number of carbonyl (C=O) groups is 1. The molecule has 2 aromatic heterocycles. The highest BCUT2D eigenvalue weighted by Gasteiger charge is 2.35. The summed E-state index contributed by atoms with van der Waals surface area (Å²) in [6.07, 6.45) is 3.95. The second-order valence-electron chi connectivity index (χ2n) is 7.03. The van der Waals surface area contributed by atoms with Crippen molar-refractivity contribution in [3.63, 3.8) is 0 Å². The van der Waals surface area contributed by atoms with E-state index in [9.17, 15) is 4.79 Å². The van der Waals surface area contributed by atoms with Crippen LogP contribution < -0.4 is 0 Å². The number of aryl methyl sites for hydroxylation is 1. The van der Waals surface area contributed by atoms with Crippen LogP contribution in [0.5, 0.6) is 0 Å². The van der Waals surface area contributed by atoms with E-state index in [1.54, 1.807) is 16.9 Å². The number of likely N-dealkylation sites (tertiary alicyclic amines) is 1. The van der Waals surface area contributed by atoms with Gasteiger partial charge in [0.2, 0.25) is 5.89 Å². The third kappa shape index (κ3) is 4.37. The number of amides is 1. The van der Waals surface area contributed by atoms with E-state index in [-0.39, 0.29) is 11.9 Å². The highest BCUT2D eigenvalue weighted by molar-refractivity contribution is 5.93. The maximum Gasteiger partial charge on any atom is 0.272 e. The summed E-state index contributed by atoms with van der Waals surface area (Å²) in [7, 11) is 0. The van der Waals surface area contributed by atoms with Gasteiger partial charge in [-0.3, -0.25) is 9.48 Å². The molecule has 0 saturated carbocycles. The van der Waals surface area contributed by atoms with Crippen LogP contribution in [0.2, 0.25) is 0 Å². The van der Waals surface area contributed by atoms with Gasteiger partial charge in [0.1, 0.15) is 11.7 Å². The van der Waals surface area contributed by atoms with Crippen molar-refractivity contribution in [2.45, 2.75) is 45.4 Å². The lowest BCUT2D eigenvalue weighted by Crippen LogP contribution is -2.32. The second-order valence-corrected chi connectivity index (χ2v) is 7.03. The fourth-order valence-corrected chi connectivity index (χ4v) is 3.61. The van der Waals surface area contributed by atoms with E-state index in [0.717, 1.165) is 18.4 Å². The Balaban J connectivity index is 1.35. The largest absolute Gasteiger partial charge is 0.376 e. The van der Waals surface area contributed by atoms with E-state index in [4.69, 9.17) is 9.26 Å². The minimum Gasteiger partial charge on any atom is -0.376 e. The Morgan fingerprint density at radius 1 is 1.28 bits per heavy atom. The van der Waals surface area contributed by atoms with Crippen molar-refractivity contribution in [2.75, 3.05) is 13.2 Å². The summed E-state index contributed by atoms with van der Waals surface area (Å²) in [5.74, 6) is 1.06. The molecule has 3 heterocycles. The average Bonchev–Trinajstić information content (AvgIpc) is 3.51. The molecule has 8 nitrogen and oxygen atoms in total. The minimum atomic E-state index is -0.186. The highest BCUT2D eigenvalue weighted by atomic mass is 16.5. The van der Waals surface area contributed by atoms with Crippen LogP contribution in [0.3, 0.4) is 0 Å². The van der Waals surface area contributed by atoms with Crippen molar-refractivity contribution >= 4 is 5.91 Å². The van der Waals surface area contributed by atoms with Gasteiger partial charge in [-0.15, -0.1) is 0 Å². The molecular weight excluding hydrogens is 370 g/mol. The van der Waals surface area contributed by atoms with Crippen LogP contribution in [-0.4, -0.2) is 43.9 Å². The van der Waals surface area contributed by atoms with Gasteiger partial charge in [-0.2, -0.15) is 10.1 Å². The first kappa shape index (κ1) is 19.3. The number of hydrogen-bond acceptors (Lipinski definition) is 6. The molecule has 1 aliphatic rings. The predicted octanol–water partition coefficient (Wildman–Crippen LogP) is 3.02. The fourth-order valence-electron chi connectivity index (χ4n) is 3.61. The molecule has 152 valence electrons. The molecule has 4 rings (SSSR count). The van der Waals surface area contributed by atoms with Crippen LogP contribution >= 0.6 is 0 Å². The van der Waals surface area contributed by atoms with Crippen molar-refractivity contribution in [3.05, 3.63) is 65.6 Å². The lowest BCUT2D eigenvalue weighted by molar-refractivity contribution is 0.0697. The summed E-state index contributed by atoms with van der Waals surface area (Å²) in [6, 6.07) is 11.6. The summed E-state index contributed by atoms with van der Waals surface area (Å²) in [4.78, 5) is 19.3. The quantitative estimate of drug-likeness (QED) is 0.545. The molecule has 1 aliphatic heterocycles. The molecular formula is C21H25N5O3. The van der Waals surface area contributed by atoms with Gasteiger partial charge in [0.15, 0.2) is 5.82 Å². The molecule has 1 unspecified atom stereocenters. The van der Waals surface area contributed by atoms with Gasteiger partial charge >= 0.3 is 0 Å². The van der Waals surface area contributed by atoms with Crippen LogP contribution in [0.1, 0.15) is 53.6 Å². The normalized spacial score (nSPS) is 16.4. The molecule has 1 aromatic carbocycles. The lowest BCUT2D eigenvalue weighted by atomic mass is 10.2. The molecule has 8 heteroatoms. The van der Waals surface area contributed by atoms with Gasteiger partial charge in [-0.05, 0) is 31.4 Å². The van der Waals surface area contributed by atoms with E-state index in [1.807, 2.05) is 42.2 Å². The zero-order valence-corrected chi connectivity index (χ0v) is 16.5. The molecule has 0 spiro atoms. The Labute approximate surface area is 169 Å². The molecule has 1 amide bonds. The maximum atomic E-state index is 13.0. The molecule has 29 heavy (non-hydrogen) atoms. The molecule has 1 saturated heterocycles. The van der Waals surface area contributed by atoms with E-state index in [2.05, 4.69) is 15.2 Å². The van der Waals surface area contributed by atoms with Crippen molar-refractivity contribution < 1.29 is 14.1 Å². The Morgan fingerprint density at radius 2 is 2.14 bits per heavy atom. The summed E-state index contributed by atoms with van der Waals surface area (Å²) in [5.41, 5.74) is 1.72. The van der Waals surface area contributed by atoms with Gasteiger partial charge in [0.05, 0.1) is 13.2 Å². The topological polar surface area (TPSA) is 86.3 Å². The van der Waals surface area contributed by atoms with Gasteiger partial charge < -0.3 is 14.2 Å². The average molecular weight is 395 g/mol. The summed E-state index contributed by atoms with van der Waals surface area (Å²) >= 11 is 0. The van der Waals surface area contributed by atoms with Crippen LogP contribution in [0, 0.1) is 0 Å². The molecule has 0 radical (unpaired) electrons. The molecule has 1 fully saturated rings. The lowest BCUT2D eigenvalue weighted by Gasteiger charge is -2.22. The van der Waals surface area contributed by atoms with E-state index in [1.165, 1.54) is 0 Å². The number of benzene rings is 1. The monoisotopic (exact) mass is 395 g/mol. The number of aromatic nitrogens is 4. The predicted molar refractivity (Wildman–Crippen MR) is 105 cm³/mol. The van der Waals surface area contributed by atoms with Crippen molar-refractivity contribution in [2.24, 2.45) is 0 Å². The zero-order chi connectivity index (χ0) is 20.1. The Hall–Kier alpha value is -3.00. The zero-order valence-electron chi connectivity index (χ0n) is 16.5.